The van der Waals surface area contributed by atoms with Crippen LogP contribution in [0.15, 0.2) is 10.6 Å². The Morgan fingerprint density at radius 3 is 2.22 bits per heavy atom. The largest absolute Gasteiger partial charge is 0.359 e. The van der Waals surface area contributed by atoms with E-state index in [0.29, 0.717) is 5.41 Å². The second-order valence-corrected chi connectivity index (χ2v) is 7.10. The van der Waals surface area contributed by atoms with Gasteiger partial charge in [-0.1, -0.05) is 5.16 Å². The number of rotatable bonds is 2. The highest BCUT2D eigenvalue weighted by molar-refractivity contribution is 5.24. The second kappa shape index (κ2) is 3.60. The van der Waals surface area contributed by atoms with Gasteiger partial charge >= 0.3 is 0 Å². The van der Waals surface area contributed by atoms with Crippen molar-refractivity contribution in [3.8, 4) is 0 Å². The Bertz CT molecular complexity index is 428. The first kappa shape index (κ1) is 11.0. The highest BCUT2D eigenvalue weighted by Gasteiger charge is 2.52. The highest BCUT2D eigenvalue weighted by Crippen LogP contribution is 2.60. The van der Waals surface area contributed by atoms with Crippen molar-refractivity contribution in [2.45, 2.75) is 56.9 Å². The van der Waals surface area contributed by atoms with Crippen LogP contribution >= 0.6 is 0 Å². The second-order valence-electron chi connectivity index (χ2n) is 7.10. The zero-order valence-electron chi connectivity index (χ0n) is 11.1. The minimum Gasteiger partial charge on any atom is -0.359 e. The summed E-state index contributed by atoms with van der Waals surface area (Å²) in [6.07, 6.45) is 8.42. The topological polar surface area (TPSA) is 52.0 Å². The summed E-state index contributed by atoms with van der Waals surface area (Å²) in [6, 6.07) is 2.10. The summed E-state index contributed by atoms with van der Waals surface area (Å²) in [5.41, 5.74) is 7.43. The van der Waals surface area contributed by atoms with E-state index in [0.717, 1.165) is 23.5 Å². The van der Waals surface area contributed by atoms with Crippen molar-refractivity contribution in [3.05, 3.63) is 17.5 Å². The lowest BCUT2D eigenvalue weighted by molar-refractivity contribution is -0.00848. The van der Waals surface area contributed by atoms with E-state index >= 15 is 0 Å². The summed E-state index contributed by atoms with van der Waals surface area (Å²) < 4.78 is 5.44. The molecular formula is C15H22N2O. The van der Waals surface area contributed by atoms with Crippen LogP contribution in [0.3, 0.4) is 0 Å². The first-order valence-corrected chi connectivity index (χ1v) is 7.37. The lowest BCUT2D eigenvalue weighted by Gasteiger charge is -2.56. The van der Waals surface area contributed by atoms with E-state index in [4.69, 9.17) is 10.3 Å². The van der Waals surface area contributed by atoms with Crippen molar-refractivity contribution < 1.29 is 4.52 Å². The van der Waals surface area contributed by atoms with Gasteiger partial charge in [0, 0.05) is 11.5 Å². The van der Waals surface area contributed by atoms with Crippen LogP contribution in [-0.2, 0) is 5.41 Å². The fourth-order valence-corrected chi connectivity index (χ4v) is 5.18. The van der Waals surface area contributed by atoms with Gasteiger partial charge in [0.2, 0.25) is 0 Å². The van der Waals surface area contributed by atoms with Crippen LogP contribution in [0.2, 0.25) is 0 Å². The van der Waals surface area contributed by atoms with Gasteiger partial charge in [0.15, 0.2) is 5.76 Å². The molecule has 0 radical (unpaired) electrons. The van der Waals surface area contributed by atoms with Gasteiger partial charge in [0.05, 0.1) is 11.7 Å². The summed E-state index contributed by atoms with van der Waals surface area (Å²) in [7, 11) is 0. The smallest absolute Gasteiger partial charge is 0.153 e. The molecule has 0 spiro atoms. The number of hydrogen-bond donors (Lipinski definition) is 1. The van der Waals surface area contributed by atoms with Crippen LogP contribution in [-0.4, -0.2) is 5.16 Å². The highest BCUT2D eigenvalue weighted by atomic mass is 16.5. The zero-order chi connectivity index (χ0) is 12.3. The van der Waals surface area contributed by atoms with Crippen molar-refractivity contribution in [1.29, 1.82) is 0 Å². The van der Waals surface area contributed by atoms with Crippen LogP contribution in [0.4, 0.5) is 0 Å². The quantitative estimate of drug-likeness (QED) is 0.872. The van der Waals surface area contributed by atoms with E-state index in [-0.39, 0.29) is 6.04 Å². The maximum atomic E-state index is 5.88. The average molecular weight is 246 g/mol. The van der Waals surface area contributed by atoms with Crippen molar-refractivity contribution >= 4 is 0 Å². The molecule has 98 valence electrons. The van der Waals surface area contributed by atoms with Gasteiger partial charge in [-0.3, -0.25) is 0 Å². The average Bonchev–Trinajstić information content (AvgIpc) is 2.76. The van der Waals surface area contributed by atoms with Crippen molar-refractivity contribution in [2.24, 2.45) is 23.5 Å². The normalized spacial score (nSPS) is 43.3. The Kier molecular flexibility index (Phi) is 2.20. The number of aromatic nitrogens is 1. The predicted octanol–water partition coefficient (Wildman–Crippen LogP) is 3.16. The Morgan fingerprint density at radius 1 is 1.22 bits per heavy atom. The van der Waals surface area contributed by atoms with Gasteiger partial charge < -0.3 is 10.3 Å². The van der Waals surface area contributed by atoms with Gasteiger partial charge in [-0.2, -0.15) is 0 Å². The van der Waals surface area contributed by atoms with Crippen molar-refractivity contribution in [3.63, 3.8) is 0 Å². The van der Waals surface area contributed by atoms with E-state index in [1.54, 1.807) is 0 Å². The molecule has 4 aliphatic carbocycles. The van der Waals surface area contributed by atoms with Gasteiger partial charge in [0.25, 0.3) is 0 Å². The third-order valence-corrected chi connectivity index (χ3v) is 5.56. The predicted molar refractivity (Wildman–Crippen MR) is 69.0 cm³/mol. The Morgan fingerprint density at radius 2 is 1.78 bits per heavy atom. The number of hydrogen-bond acceptors (Lipinski definition) is 3. The molecule has 1 unspecified atom stereocenters. The van der Waals surface area contributed by atoms with E-state index in [1.165, 1.54) is 44.2 Å². The standard InChI is InChI=1S/C15H22N2O/c1-9(16)13-5-14(17-18-13)15-6-10-2-11(7-15)4-12(3-10)8-15/h5,9-12H,2-4,6-8,16H2,1H3. The molecule has 0 aliphatic heterocycles. The molecule has 1 aromatic rings. The van der Waals surface area contributed by atoms with Crippen LogP contribution in [0.25, 0.3) is 0 Å². The van der Waals surface area contributed by atoms with Crippen LogP contribution in [0, 0.1) is 17.8 Å². The van der Waals surface area contributed by atoms with Gasteiger partial charge in [0.1, 0.15) is 0 Å². The molecule has 3 nitrogen and oxygen atoms in total. The number of nitrogens with two attached hydrogens (primary N) is 1. The van der Waals surface area contributed by atoms with Gasteiger partial charge in [-0.15, -0.1) is 0 Å². The first-order valence-electron chi connectivity index (χ1n) is 7.37. The molecule has 18 heavy (non-hydrogen) atoms. The summed E-state index contributed by atoms with van der Waals surface area (Å²) in [6.45, 7) is 1.96. The first-order chi connectivity index (χ1) is 8.64. The summed E-state index contributed by atoms with van der Waals surface area (Å²) in [4.78, 5) is 0. The monoisotopic (exact) mass is 246 g/mol. The molecule has 1 heterocycles. The molecule has 4 bridgehead atoms. The van der Waals surface area contributed by atoms with Crippen LogP contribution in [0.1, 0.15) is 62.9 Å². The minimum atomic E-state index is -0.0415. The molecule has 2 N–H and O–H groups in total. The summed E-state index contributed by atoms with van der Waals surface area (Å²) >= 11 is 0. The minimum absolute atomic E-state index is 0.0415. The number of nitrogens with zero attached hydrogens (tertiary/aromatic N) is 1. The van der Waals surface area contributed by atoms with Crippen LogP contribution < -0.4 is 5.73 Å². The summed E-state index contributed by atoms with van der Waals surface area (Å²) in [5, 5.41) is 4.37. The van der Waals surface area contributed by atoms with Gasteiger partial charge in [-0.25, -0.2) is 0 Å². The summed E-state index contributed by atoms with van der Waals surface area (Å²) in [5.74, 6) is 3.70. The third kappa shape index (κ3) is 1.49. The Labute approximate surface area is 108 Å². The van der Waals surface area contributed by atoms with E-state index < -0.39 is 0 Å². The third-order valence-electron chi connectivity index (χ3n) is 5.56. The maximum absolute atomic E-state index is 5.88. The molecule has 5 rings (SSSR count). The molecular weight excluding hydrogens is 224 g/mol. The van der Waals surface area contributed by atoms with Crippen LogP contribution in [0.5, 0.6) is 0 Å². The molecule has 1 atom stereocenters. The fraction of sp³-hybridized carbons (Fsp3) is 0.800. The molecule has 4 aliphatic rings. The lowest BCUT2D eigenvalue weighted by atomic mass is 9.49. The van der Waals surface area contributed by atoms with E-state index in [1.807, 2.05) is 6.92 Å². The van der Waals surface area contributed by atoms with E-state index in [9.17, 15) is 0 Å². The zero-order valence-corrected chi connectivity index (χ0v) is 11.1. The fourth-order valence-electron chi connectivity index (χ4n) is 5.18. The molecule has 1 aromatic heterocycles. The van der Waals surface area contributed by atoms with E-state index in [2.05, 4.69) is 11.2 Å². The molecule has 0 saturated heterocycles. The SMILES string of the molecule is CC(N)c1cc(C23CC4CC(CC(C4)C2)C3)no1. The Hall–Kier alpha value is -0.830. The van der Waals surface area contributed by atoms with Crippen molar-refractivity contribution in [2.75, 3.05) is 0 Å². The lowest BCUT2D eigenvalue weighted by Crippen LogP contribution is -2.48. The van der Waals surface area contributed by atoms with Gasteiger partial charge in [-0.05, 0) is 63.2 Å². The molecule has 4 fully saturated rings. The van der Waals surface area contributed by atoms with Crippen molar-refractivity contribution in [1.82, 2.24) is 5.16 Å². The molecule has 0 amide bonds. The Balaban J connectivity index is 1.70. The molecule has 3 heteroatoms. The molecule has 0 aromatic carbocycles. The maximum Gasteiger partial charge on any atom is 0.153 e. The molecule has 4 saturated carbocycles.